The first-order valence-electron chi connectivity index (χ1n) is 5.88. The van der Waals surface area contributed by atoms with E-state index >= 15 is 0 Å². The summed E-state index contributed by atoms with van der Waals surface area (Å²) in [5.74, 6) is -0.976. The molecule has 0 atom stereocenters. The van der Waals surface area contributed by atoms with E-state index in [0.717, 1.165) is 12.8 Å². The Balaban J connectivity index is 2.03. The molecule has 0 aromatic heterocycles. The Labute approximate surface area is 100 Å². The third-order valence-corrected chi connectivity index (χ3v) is 3.68. The highest BCUT2D eigenvalue weighted by atomic mass is 16.2. The second kappa shape index (κ2) is 4.44. The van der Waals surface area contributed by atoms with Gasteiger partial charge in [-0.1, -0.05) is 12.8 Å². The number of nitrogens with zero attached hydrogens (tertiary/aromatic N) is 2. The smallest absolute Gasteiger partial charge is 0.302 e. The van der Waals surface area contributed by atoms with Gasteiger partial charge in [-0.3, -0.25) is 25.2 Å². The van der Waals surface area contributed by atoms with E-state index in [4.69, 9.17) is 0 Å². The monoisotopic (exact) mass is 238 g/mol. The van der Waals surface area contributed by atoms with Gasteiger partial charge in [0.15, 0.2) is 0 Å². The van der Waals surface area contributed by atoms with Crippen LogP contribution in [0.15, 0.2) is 4.99 Å². The fraction of sp³-hybridized carbons (Fsp3) is 0.727. The number of amides is 2. The van der Waals surface area contributed by atoms with Crippen molar-refractivity contribution in [2.75, 3.05) is 20.6 Å². The van der Waals surface area contributed by atoms with Crippen molar-refractivity contribution >= 4 is 17.8 Å². The normalized spacial score (nSPS) is 22.9. The Morgan fingerprint density at radius 2 is 1.71 bits per heavy atom. The van der Waals surface area contributed by atoms with Crippen molar-refractivity contribution in [1.29, 1.82) is 0 Å². The van der Waals surface area contributed by atoms with Gasteiger partial charge in [0.25, 0.3) is 0 Å². The van der Waals surface area contributed by atoms with Crippen LogP contribution in [-0.4, -0.2) is 48.9 Å². The highest BCUT2D eigenvalue weighted by Gasteiger charge is 2.36. The summed E-state index contributed by atoms with van der Waals surface area (Å²) in [6, 6.07) is 0. The number of hydrogen-bond donors (Lipinski definition) is 2. The number of carbonyl (C=O) groups excluding carboxylic acids is 2. The highest BCUT2D eigenvalue weighted by Crippen LogP contribution is 2.33. The predicted octanol–water partition coefficient (Wildman–Crippen LogP) is -0.537. The lowest BCUT2D eigenvalue weighted by Gasteiger charge is -2.34. The van der Waals surface area contributed by atoms with E-state index < -0.39 is 11.8 Å². The van der Waals surface area contributed by atoms with Gasteiger partial charge < -0.3 is 4.90 Å². The second-order valence-electron chi connectivity index (χ2n) is 4.90. The summed E-state index contributed by atoms with van der Waals surface area (Å²) in [5, 5.41) is 4.83. The molecule has 2 aliphatic rings. The first-order chi connectivity index (χ1) is 8.03. The molecule has 2 rings (SSSR count). The number of hydrogen-bond acceptors (Lipinski definition) is 4. The summed E-state index contributed by atoms with van der Waals surface area (Å²) >= 11 is 0. The molecule has 6 heteroatoms. The van der Waals surface area contributed by atoms with Crippen LogP contribution in [0.2, 0.25) is 0 Å². The van der Waals surface area contributed by atoms with E-state index in [1.807, 2.05) is 0 Å². The summed E-state index contributed by atoms with van der Waals surface area (Å²) in [7, 11) is 4.11. The van der Waals surface area contributed by atoms with Crippen molar-refractivity contribution in [3.05, 3.63) is 0 Å². The maximum absolute atomic E-state index is 11.0. The molecule has 94 valence electrons. The molecule has 2 amide bonds. The van der Waals surface area contributed by atoms with E-state index in [9.17, 15) is 9.59 Å². The number of rotatable bonds is 3. The van der Waals surface area contributed by atoms with Crippen LogP contribution < -0.4 is 10.6 Å². The average Bonchev–Trinajstić information content (AvgIpc) is 2.85. The number of likely N-dealkylation sites (N-methyl/N-ethyl adjacent to an activating group) is 1. The molecule has 1 aliphatic heterocycles. The Hall–Kier alpha value is -1.43. The van der Waals surface area contributed by atoms with E-state index in [-0.39, 0.29) is 11.5 Å². The minimum absolute atomic E-state index is 0.0744. The van der Waals surface area contributed by atoms with Crippen molar-refractivity contribution in [3.8, 4) is 0 Å². The second-order valence-corrected chi connectivity index (χ2v) is 4.90. The summed E-state index contributed by atoms with van der Waals surface area (Å²) < 4.78 is 0. The molecule has 2 N–H and O–H groups in total. The molecule has 0 aromatic rings. The molecule has 0 bridgehead atoms. The molecule has 1 saturated heterocycles. The lowest BCUT2D eigenvalue weighted by Crippen LogP contribution is -2.45. The minimum atomic E-state index is -0.630. The average molecular weight is 238 g/mol. The Kier molecular flexibility index (Phi) is 3.15. The zero-order valence-corrected chi connectivity index (χ0v) is 10.2. The molecule has 1 heterocycles. The van der Waals surface area contributed by atoms with Crippen molar-refractivity contribution in [1.82, 2.24) is 15.5 Å². The van der Waals surface area contributed by atoms with Gasteiger partial charge in [0, 0.05) is 5.54 Å². The SMILES string of the molecule is CN(C)C1(CN=C2NC(=O)C(=O)N2)CCCC1. The standard InChI is InChI=1S/C11H18N4O2/c1-15(2)11(5-3-4-6-11)7-12-10-13-8(16)9(17)14-10/h3-7H2,1-2H3,(H2,12,13,14,16,17). The molecule has 6 nitrogen and oxygen atoms in total. The maximum atomic E-state index is 11.0. The van der Waals surface area contributed by atoms with Gasteiger partial charge in [-0.15, -0.1) is 0 Å². The fourth-order valence-electron chi connectivity index (χ4n) is 2.44. The topological polar surface area (TPSA) is 73.8 Å². The van der Waals surface area contributed by atoms with Crippen LogP contribution >= 0.6 is 0 Å². The van der Waals surface area contributed by atoms with Gasteiger partial charge in [0.2, 0.25) is 5.96 Å². The number of aliphatic imine (C=N–C) groups is 1. The van der Waals surface area contributed by atoms with Gasteiger partial charge in [-0.25, -0.2) is 0 Å². The number of guanidine groups is 1. The summed E-state index contributed by atoms with van der Waals surface area (Å²) in [6.07, 6.45) is 4.64. The molecule has 17 heavy (non-hydrogen) atoms. The fourth-order valence-corrected chi connectivity index (χ4v) is 2.44. The van der Waals surface area contributed by atoms with Gasteiger partial charge in [-0.05, 0) is 26.9 Å². The lowest BCUT2D eigenvalue weighted by molar-refractivity contribution is -0.135. The lowest BCUT2D eigenvalue weighted by atomic mass is 9.96. The largest absolute Gasteiger partial charge is 0.316 e. The summed E-state index contributed by atoms with van der Waals surface area (Å²) in [6.45, 7) is 0.607. The molecule has 1 aliphatic carbocycles. The van der Waals surface area contributed by atoms with Crippen molar-refractivity contribution in [3.63, 3.8) is 0 Å². The molecular weight excluding hydrogens is 220 g/mol. The maximum Gasteiger partial charge on any atom is 0.316 e. The van der Waals surface area contributed by atoms with Crippen LogP contribution in [0.1, 0.15) is 25.7 Å². The first kappa shape index (κ1) is 12.0. The predicted molar refractivity (Wildman–Crippen MR) is 63.5 cm³/mol. The third kappa shape index (κ3) is 2.31. The number of nitrogens with one attached hydrogen (secondary N) is 2. The van der Waals surface area contributed by atoms with Crippen LogP contribution in [0.4, 0.5) is 0 Å². The van der Waals surface area contributed by atoms with Crippen molar-refractivity contribution < 1.29 is 9.59 Å². The highest BCUT2D eigenvalue weighted by molar-refractivity contribution is 6.45. The zero-order chi connectivity index (χ0) is 12.5. The summed E-state index contributed by atoms with van der Waals surface area (Å²) in [5.41, 5.74) is 0.0744. The summed E-state index contributed by atoms with van der Waals surface area (Å²) in [4.78, 5) is 28.5. The van der Waals surface area contributed by atoms with Crippen LogP contribution in [0.25, 0.3) is 0 Å². The van der Waals surface area contributed by atoms with E-state index in [1.165, 1.54) is 12.8 Å². The van der Waals surface area contributed by atoms with Crippen molar-refractivity contribution in [2.24, 2.45) is 4.99 Å². The molecule has 1 saturated carbocycles. The van der Waals surface area contributed by atoms with E-state index in [2.05, 4.69) is 34.6 Å². The van der Waals surface area contributed by atoms with Gasteiger partial charge in [0.05, 0.1) is 6.54 Å². The molecule has 2 fully saturated rings. The minimum Gasteiger partial charge on any atom is -0.302 e. The molecule has 0 aromatic carbocycles. The Morgan fingerprint density at radius 3 is 2.18 bits per heavy atom. The van der Waals surface area contributed by atoms with Crippen LogP contribution in [-0.2, 0) is 9.59 Å². The quantitative estimate of drug-likeness (QED) is 0.649. The van der Waals surface area contributed by atoms with E-state index in [1.54, 1.807) is 0 Å². The third-order valence-electron chi connectivity index (χ3n) is 3.68. The first-order valence-corrected chi connectivity index (χ1v) is 5.88. The Morgan fingerprint density at radius 1 is 1.18 bits per heavy atom. The van der Waals surface area contributed by atoms with Gasteiger partial charge in [0.1, 0.15) is 0 Å². The molecule has 0 radical (unpaired) electrons. The van der Waals surface area contributed by atoms with Gasteiger partial charge >= 0.3 is 11.8 Å². The van der Waals surface area contributed by atoms with Crippen LogP contribution in [0, 0.1) is 0 Å². The van der Waals surface area contributed by atoms with Crippen LogP contribution in [0.5, 0.6) is 0 Å². The van der Waals surface area contributed by atoms with Gasteiger partial charge in [-0.2, -0.15) is 0 Å². The van der Waals surface area contributed by atoms with E-state index in [0.29, 0.717) is 6.54 Å². The van der Waals surface area contributed by atoms with Crippen LogP contribution in [0.3, 0.4) is 0 Å². The molecule has 0 spiro atoms. The zero-order valence-electron chi connectivity index (χ0n) is 10.2. The Bertz CT molecular complexity index is 352. The van der Waals surface area contributed by atoms with Crippen molar-refractivity contribution in [2.45, 2.75) is 31.2 Å². The molecular formula is C11H18N4O2. The number of carbonyl (C=O) groups is 2. The molecule has 0 unspecified atom stereocenters.